The lowest BCUT2D eigenvalue weighted by molar-refractivity contribution is -0.120. The first-order chi connectivity index (χ1) is 14.5. The van der Waals surface area contributed by atoms with E-state index in [0.29, 0.717) is 17.6 Å². The molecule has 0 radical (unpaired) electrons. The summed E-state index contributed by atoms with van der Waals surface area (Å²) in [5.74, 6) is 0.983. The Labute approximate surface area is 176 Å². The van der Waals surface area contributed by atoms with E-state index in [1.54, 1.807) is 42.4 Å². The molecule has 1 aliphatic heterocycles. The van der Waals surface area contributed by atoms with E-state index in [-0.39, 0.29) is 17.9 Å². The fourth-order valence-corrected chi connectivity index (χ4v) is 4.38. The fraction of sp³-hybridized carbons (Fsp3) is 0.455. The normalized spacial score (nSPS) is 19.0. The molecule has 1 fully saturated rings. The molecule has 1 amide bonds. The van der Waals surface area contributed by atoms with Crippen LogP contribution < -0.4 is 15.1 Å². The molecule has 2 heterocycles. The summed E-state index contributed by atoms with van der Waals surface area (Å²) in [4.78, 5) is 37.7. The Balaban J connectivity index is 1.66. The number of amides is 1. The number of aromatic nitrogens is 2. The zero-order chi connectivity index (χ0) is 21.3. The van der Waals surface area contributed by atoms with Crippen LogP contribution in [0.3, 0.4) is 0 Å². The summed E-state index contributed by atoms with van der Waals surface area (Å²) >= 11 is 0. The van der Waals surface area contributed by atoms with Crippen molar-refractivity contribution in [2.45, 2.75) is 51.1 Å². The number of hydrogen-bond donors (Lipinski definition) is 1. The van der Waals surface area contributed by atoms with Gasteiger partial charge in [-0.1, -0.05) is 19.8 Å². The largest absolute Gasteiger partial charge is 0.465 e. The number of ether oxygens (including phenoxy) is 1. The summed E-state index contributed by atoms with van der Waals surface area (Å²) in [6.07, 6.45) is 6.96. The third-order valence-electron chi connectivity index (χ3n) is 5.97. The van der Waals surface area contributed by atoms with E-state index in [0.717, 1.165) is 36.5 Å². The van der Waals surface area contributed by atoms with Crippen LogP contribution in [-0.2, 0) is 9.53 Å². The van der Waals surface area contributed by atoms with Gasteiger partial charge in [-0.25, -0.2) is 9.78 Å². The van der Waals surface area contributed by atoms with Crippen LogP contribution in [-0.4, -0.2) is 48.1 Å². The lowest BCUT2D eigenvalue weighted by Gasteiger charge is -2.43. The third-order valence-corrected chi connectivity index (χ3v) is 5.97. The Bertz CT molecular complexity index is 940. The van der Waals surface area contributed by atoms with Crippen LogP contribution in [0.2, 0.25) is 0 Å². The highest BCUT2D eigenvalue weighted by molar-refractivity contribution is 6.04. The van der Waals surface area contributed by atoms with Crippen molar-refractivity contribution in [1.82, 2.24) is 9.97 Å². The van der Waals surface area contributed by atoms with Crippen molar-refractivity contribution >= 4 is 35.0 Å². The molecule has 158 valence electrons. The van der Waals surface area contributed by atoms with Gasteiger partial charge in [0.25, 0.3) is 0 Å². The van der Waals surface area contributed by atoms with Crippen LogP contribution in [0.25, 0.3) is 0 Å². The number of carbonyl (C=O) groups excluding carboxylic acids is 2. The highest BCUT2D eigenvalue weighted by Crippen LogP contribution is 2.39. The zero-order valence-electron chi connectivity index (χ0n) is 17.6. The molecule has 8 nitrogen and oxygen atoms in total. The number of fused-ring (bicyclic) bond motifs is 1. The predicted molar refractivity (Wildman–Crippen MR) is 115 cm³/mol. The quantitative estimate of drug-likeness (QED) is 0.756. The molecule has 30 heavy (non-hydrogen) atoms. The summed E-state index contributed by atoms with van der Waals surface area (Å²) in [6.45, 7) is 2.05. The Kier molecular flexibility index (Phi) is 5.57. The molecule has 1 atom stereocenters. The molecule has 0 bridgehead atoms. The molecule has 0 saturated heterocycles. The van der Waals surface area contributed by atoms with Gasteiger partial charge >= 0.3 is 5.97 Å². The van der Waals surface area contributed by atoms with Crippen LogP contribution in [0.5, 0.6) is 0 Å². The van der Waals surface area contributed by atoms with E-state index in [4.69, 9.17) is 9.72 Å². The molecule has 2 aromatic rings. The number of likely N-dealkylation sites (N-methyl/N-ethyl adjacent to an activating group) is 1. The first-order valence-electron chi connectivity index (χ1n) is 10.4. The topological polar surface area (TPSA) is 87.7 Å². The standard InChI is InChI=1S/C22H27N5O3/c1-4-17-20(28)26(2)18-13-23-22(25-19(18)27(17)16-7-5-6-8-16)24-15-11-9-14(10-12-15)21(29)30-3/h9-13,16-17H,4-8H2,1-3H3,(H,23,24,25)/t17-/m1/s1. The Morgan fingerprint density at radius 3 is 2.57 bits per heavy atom. The Morgan fingerprint density at radius 1 is 1.23 bits per heavy atom. The summed E-state index contributed by atoms with van der Waals surface area (Å²) in [7, 11) is 3.15. The van der Waals surface area contributed by atoms with Crippen LogP contribution >= 0.6 is 0 Å². The molecule has 1 saturated carbocycles. The fourth-order valence-electron chi connectivity index (χ4n) is 4.38. The summed E-state index contributed by atoms with van der Waals surface area (Å²) < 4.78 is 4.73. The molecule has 1 aromatic heterocycles. The van der Waals surface area contributed by atoms with Crippen molar-refractivity contribution < 1.29 is 14.3 Å². The molecule has 1 N–H and O–H groups in total. The number of hydrogen-bond acceptors (Lipinski definition) is 7. The van der Waals surface area contributed by atoms with Gasteiger partial charge in [0, 0.05) is 18.8 Å². The van der Waals surface area contributed by atoms with Crippen molar-refractivity contribution in [3.05, 3.63) is 36.0 Å². The first-order valence-corrected chi connectivity index (χ1v) is 10.4. The molecule has 4 rings (SSSR count). The predicted octanol–water partition coefficient (Wildman–Crippen LogP) is 3.51. The number of anilines is 4. The molecular weight excluding hydrogens is 382 g/mol. The zero-order valence-corrected chi connectivity index (χ0v) is 17.6. The molecule has 0 unspecified atom stereocenters. The van der Waals surface area contributed by atoms with Gasteiger partial charge in [-0.3, -0.25) is 4.79 Å². The van der Waals surface area contributed by atoms with E-state index < -0.39 is 0 Å². The maximum absolute atomic E-state index is 12.9. The average Bonchev–Trinajstić information content (AvgIpc) is 3.30. The van der Waals surface area contributed by atoms with E-state index >= 15 is 0 Å². The van der Waals surface area contributed by atoms with Gasteiger partial charge in [-0.05, 0) is 43.5 Å². The molecule has 8 heteroatoms. The molecule has 1 aromatic carbocycles. The van der Waals surface area contributed by atoms with E-state index in [9.17, 15) is 9.59 Å². The van der Waals surface area contributed by atoms with Crippen LogP contribution in [0, 0.1) is 0 Å². The number of rotatable bonds is 5. The minimum atomic E-state index is -0.378. The van der Waals surface area contributed by atoms with Crippen molar-refractivity contribution in [1.29, 1.82) is 0 Å². The van der Waals surface area contributed by atoms with Crippen LogP contribution in [0.1, 0.15) is 49.4 Å². The van der Waals surface area contributed by atoms with Gasteiger partial charge in [-0.2, -0.15) is 4.98 Å². The van der Waals surface area contributed by atoms with E-state index in [1.807, 2.05) is 6.92 Å². The average molecular weight is 409 g/mol. The van der Waals surface area contributed by atoms with Gasteiger partial charge in [-0.15, -0.1) is 0 Å². The van der Waals surface area contributed by atoms with E-state index in [1.165, 1.54) is 20.0 Å². The second-order valence-corrected chi connectivity index (χ2v) is 7.76. The van der Waals surface area contributed by atoms with Gasteiger partial charge in [0.1, 0.15) is 11.7 Å². The van der Waals surface area contributed by atoms with Gasteiger partial charge in [0.2, 0.25) is 11.9 Å². The Morgan fingerprint density at radius 2 is 1.93 bits per heavy atom. The smallest absolute Gasteiger partial charge is 0.337 e. The number of esters is 1. The van der Waals surface area contributed by atoms with Crippen molar-refractivity contribution in [2.24, 2.45) is 0 Å². The minimum Gasteiger partial charge on any atom is -0.465 e. The van der Waals surface area contributed by atoms with Crippen LogP contribution in [0.15, 0.2) is 30.5 Å². The van der Waals surface area contributed by atoms with Crippen molar-refractivity contribution in [2.75, 3.05) is 29.3 Å². The number of methoxy groups -OCH3 is 1. The third kappa shape index (κ3) is 3.58. The summed E-state index contributed by atoms with van der Waals surface area (Å²) in [6, 6.07) is 7.08. The minimum absolute atomic E-state index is 0.0969. The first kappa shape index (κ1) is 20.1. The molecule has 1 aliphatic carbocycles. The summed E-state index contributed by atoms with van der Waals surface area (Å²) in [5.41, 5.74) is 1.98. The SMILES string of the molecule is CC[C@@H]1C(=O)N(C)c2cnc(Nc3ccc(C(=O)OC)cc3)nc2N1C1CCCC1. The monoisotopic (exact) mass is 409 g/mol. The summed E-state index contributed by atoms with van der Waals surface area (Å²) in [5, 5.41) is 3.20. The maximum atomic E-state index is 12.9. The van der Waals surface area contributed by atoms with Gasteiger partial charge in [0.15, 0.2) is 5.82 Å². The molecule has 2 aliphatic rings. The molecule has 0 spiro atoms. The lowest BCUT2D eigenvalue weighted by atomic mass is 10.0. The van der Waals surface area contributed by atoms with Crippen molar-refractivity contribution in [3.8, 4) is 0 Å². The van der Waals surface area contributed by atoms with Gasteiger partial charge < -0.3 is 19.9 Å². The van der Waals surface area contributed by atoms with Crippen molar-refractivity contribution in [3.63, 3.8) is 0 Å². The number of carbonyl (C=O) groups is 2. The Hall–Kier alpha value is -3.16. The highest BCUT2D eigenvalue weighted by atomic mass is 16.5. The van der Waals surface area contributed by atoms with Gasteiger partial charge in [0.05, 0.1) is 18.9 Å². The highest BCUT2D eigenvalue weighted by Gasteiger charge is 2.41. The molecular formula is C22H27N5O3. The second-order valence-electron chi connectivity index (χ2n) is 7.76. The lowest BCUT2D eigenvalue weighted by Crippen LogP contribution is -2.55. The second kappa shape index (κ2) is 8.30. The maximum Gasteiger partial charge on any atom is 0.337 e. The van der Waals surface area contributed by atoms with Crippen LogP contribution in [0.4, 0.5) is 23.1 Å². The number of benzene rings is 1. The number of nitrogens with zero attached hydrogens (tertiary/aromatic N) is 4. The van der Waals surface area contributed by atoms with E-state index in [2.05, 4.69) is 15.2 Å². The number of nitrogens with one attached hydrogen (secondary N) is 1.